The number of carbonyl (C=O) groups excluding carboxylic acids is 1. The van der Waals surface area contributed by atoms with Gasteiger partial charge in [0.1, 0.15) is 18.4 Å². The molecule has 0 fully saturated rings. The summed E-state index contributed by atoms with van der Waals surface area (Å²) in [5.74, 6) is 0.196. The molecule has 0 spiro atoms. The van der Waals surface area contributed by atoms with Gasteiger partial charge < -0.3 is 14.7 Å². The molecule has 3 rings (SSSR count). The summed E-state index contributed by atoms with van der Waals surface area (Å²) >= 11 is 0. The highest BCUT2D eigenvalue weighted by Crippen LogP contribution is 2.38. The quantitative estimate of drug-likeness (QED) is 0.919. The third-order valence-electron chi connectivity index (χ3n) is 3.84. The lowest BCUT2D eigenvalue weighted by Crippen LogP contribution is -2.30. The van der Waals surface area contributed by atoms with E-state index in [0.717, 1.165) is 5.56 Å². The van der Waals surface area contributed by atoms with E-state index in [0.29, 0.717) is 23.5 Å². The summed E-state index contributed by atoms with van der Waals surface area (Å²) in [6.07, 6.45) is 0. The van der Waals surface area contributed by atoms with E-state index in [-0.39, 0.29) is 19.1 Å². The Morgan fingerprint density at radius 1 is 1.17 bits per heavy atom. The first kappa shape index (κ1) is 15.1. The number of amides is 1. The molecule has 0 radical (unpaired) electrons. The van der Waals surface area contributed by atoms with Gasteiger partial charge in [0.05, 0.1) is 18.2 Å². The lowest BCUT2D eigenvalue weighted by molar-refractivity contribution is 0.0718. The van der Waals surface area contributed by atoms with Gasteiger partial charge in [-0.1, -0.05) is 42.5 Å². The van der Waals surface area contributed by atoms with E-state index < -0.39 is 6.04 Å². The Morgan fingerprint density at radius 3 is 2.65 bits per heavy atom. The minimum atomic E-state index is -0.676. The van der Waals surface area contributed by atoms with E-state index >= 15 is 0 Å². The third-order valence-corrected chi connectivity index (χ3v) is 3.84. The molecule has 1 unspecified atom stereocenters. The molecule has 1 N–H and O–H groups in total. The largest absolute Gasteiger partial charge is 0.488 e. The zero-order valence-electron chi connectivity index (χ0n) is 12.5. The third kappa shape index (κ3) is 2.77. The fourth-order valence-corrected chi connectivity index (χ4v) is 2.77. The lowest BCUT2D eigenvalue weighted by Gasteiger charge is -2.18. The van der Waals surface area contributed by atoms with Crippen LogP contribution in [0.25, 0.3) is 0 Å². The summed E-state index contributed by atoms with van der Waals surface area (Å²) in [5.41, 5.74) is 2.06. The summed E-state index contributed by atoms with van der Waals surface area (Å²) in [5, 5.41) is 18.5. The maximum absolute atomic E-state index is 12.6. The van der Waals surface area contributed by atoms with Gasteiger partial charge in [0.15, 0.2) is 0 Å². The molecule has 0 bridgehead atoms. The van der Waals surface area contributed by atoms with Crippen molar-refractivity contribution in [3.8, 4) is 11.8 Å². The maximum atomic E-state index is 12.6. The van der Waals surface area contributed by atoms with Crippen LogP contribution in [0.5, 0.6) is 5.75 Å². The summed E-state index contributed by atoms with van der Waals surface area (Å²) in [6.45, 7) is 0.295. The number of benzene rings is 2. The fraction of sp³-hybridized carbons (Fsp3) is 0.222. The summed E-state index contributed by atoms with van der Waals surface area (Å²) in [4.78, 5) is 13.9. The molecule has 1 aliphatic rings. The van der Waals surface area contributed by atoms with Crippen molar-refractivity contribution in [1.82, 2.24) is 4.90 Å². The minimum Gasteiger partial charge on any atom is -0.488 e. The molecule has 0 saturated heterocycles. The Labute approximate surface area is 134 Å². The number of hydrogen-bond acceptors (Lipinski definition) is 4. The standard InChI is InChI=1S/C18H16N2O3/c19-11-15-14-7-4-8-16(17(14)18(22)20(15)9-10-21)23-12-13-5-2-1-3-6-13/h1-8,15,21H,9-10,12H2. The first-order valence-electron chi connectivity index (χ1n) is 7.37. The molecule has 0 aromatic heterocycles. The van der Waals surface area contributed by atoms with Crippen LogP contribution in [-0.4, -0.2) is 29.1 Å². The second-order valence-corrected chi connectivity index (χ2v) is 5.25. The Kier molecular flexibility index (Phi) is 4.26. The average Bonchev–Trinajstić information content (AvgIpc) is 2.87. The Hall–Kier alpha value is -2.84. The Balaban J connectivity index is 1.90. The lowest BCUT2D eigenvalue weighted by atomic mass is 10.0. The number of hydrogen-bond donors (Lipinski definition) is 1. The van der Waals surface area contributed by atoms with Crippen LogP contribution >= 0.6 is 0 Å². The van der Waals surface area contributed by atoms with E-state index in [1.165, 1.54) is 4.90 Å². The zero-order valence-corrected chi connectivity index (χ0v) is 12.5. The van der Waals surface area contributed by atoms with E-state index in [4.69, 9.17) is 9.84 Å². The van der Waals surface area contributed by atoms with Gasteiger partial charge in [0.2, 0.25) is 0 Å². The molecular weight excluding hydrogens is 292 g/mol. The van der Waals surface area contributed by atoms with Crippen LogP contribution in [0, 0.1) is 11.3 Å². The van der Waals surface area contributed by atoms with Crippen LogP contribution in [0.4, 0.5) is 0 Å². The number of fused-ring (bicyclic) bond motifs is 1. The molecule has 5 nitrogen and oxygen atoms in total. The van der Waals surface area contributed by atoms with Crippen LogP contribution < -0.4 is 4.74 Å². The molecule has 1 atom stereocenters. The van der Waals surface area contributed by atoms with Crippen molar-refractivity contribution in [1.29, 1.82) is 5.26 Å². The van der Waals surface area contributed by atoms with E-state index in [1.807, 2.05) is 30.3 Å². The van der Waals surface area contributed by atoms with Crippen molar-refractivity contribution < 1.29 is 14.6 Å². The zero-order chi connectivity index (χ0) is 16.2. The number of β-amino-alcohol motifs (C(OH)–C–C–N with tert-alkyl or cyclic N) is 1. The van der Waals surface area contributed by atoms with E-state index in [9.17, 15) is 10.1 Å². The molecule has 2 aromatic rings. The van der Waals surface area contributed by atoms with Gasteiger partial charge >= 0.3 is 0 Å². The number of aliphatic hydroxyl groups excluding tert-OH is 1. The minimum absolute atomic E-state index is 0.129. The van der Waals surface area contributed by atoms with E-state index in [1.54, 1.807) is 18.2 Å². The predicted octanol–water partition coefficient (Wildman–Crippen LogP) is 2.28. The summed E-state index contributed by atoms with van der Waals surface area (Å²) in [7, 11) is 0. The second-order valence-electron chi connectivity index (χ2n) is 5.25. The van der Waals surface area contributed by atoms with Crippen molar-refractivity contribution in [2.75, 3.05) is 13.2 Å². The van der Waals surface area contributed by atoms with Gasteiger partial charge in [-0.05, 0) is 11.6 Å². The molecule has 1 heterocycles. The number of nitriles is 1. The highest BCUT2D eigenvalue weighted by molar-refractivity contribution is 6.02. The monoisotopic (exact) mass is 308 g/mol. The van der Waals surface area contributed by atoms with Crippen LogP contribution in [-0.2, 0) is 6.61 Å². The molecule has 5 heteroatoms. The Morgan fingerprint density at radius 2 is 1.96 bits per heavy atom. The van der Waals surface area contributed by atoms with Gasteiger partial charge in [-0.25, -0.2) is 0 Å². The number of ether oxygens (including phenoxy) is 1. The molecule has 2 aromatic carbocycles. The van der Waals surface area contributed by atoms with Crippen molar-refractivity contribution in [2.45, 2.75) is 12.6 Å². The first-order valence-corrected chi connectivity index (χ1v) is 7.37. The molecule has 0 aliphatic carbocycles. The first-order chi connectivity index (χ1) is 11.3. The molecule has 1 amide bonds. The van der Waals surface area contributed by atoms with Crippen molar-refractivity contribution in [2.24, 2.45) is 0 Å². The van der Waals surface area contributed by atoms with Crippen LogP contribution in [0.3, 0.4) is 0 Å². The molecular formula is C18H16N2O3. The molecule has 116 valence electrons. The number of rotatable bonds is 5. The second kappa shape index (κ2) is 6.51. The molecule has 1 aliphatic heterocycles. The van der Waals surface area contributed by atoms with Gasteiger partial charge in [0, 0.05) is 12.1 Å². The Bertz CT molecular complexity index is 753. The smallest absolute Gasteiger partial charge is 0.259 e. The van der Waals surface area contributed by atoms with Crippen LogP contribution in [0.2, 0.25) is 0 Å². The summed E-state index contributed by atoms with van der Waals surface area (Å²) < 4.78 is 5.81. The normalized spacial score (nSPS) is 16.1. The van der Waals surface area contributed by atoms with Crippen LogP contribution in [0.1, 0.15) is 27.5 Å². The number of aliphatic hydroxyl groups is 1. The summed E-state index contributed by atoms with van der Waals surface area (Å²) in [6, 6.07) is 16.4. The van der Waals surface area contributed by atoms with E-state index in [2.05, 4.69) is 6.07 Å². The maximum Gasteiger partial charge on any atom is 0.259 e. The van der Waals surface area contributed by atoms with Gasteiger partial charge in [-0.15, -0.1) is 0 Å². The van der Waals surface area contributed by atoms with Gasteiger partial charge in [0.25, 0.3) is 5.91 Å². The van der Waals surface area contributed by atoms with Crippen molar-refractivity contribution >= 4 is 5.91 Å². The average molecular weight is 308 g/mol. The predicted molar refractivity (Wildman–Crippen MR) is 83.7 cm³/mol. The van der Waals surface area contributed by atoms with Gasteiger partial charge in [-0.2, -0.15) is 5.26 Å². The topological polar surface area (TPSA) is 73.6 Å². The molecule has 23 heavy (non-hydrogen) atoms. The highest BCUT2D eigenvalue weighted by Gasteiger charge is 2.38. The van der Waals surface area contributed by atoms with Crippen molar-refractivity contribution in [3.05, 3.63) is 65.2 Å². The highest BCUT2D eigenvalue weighted by atomic mass is 16.5. The van der Waals surface area contributed by atoms with Crippen LogP contribution in [0.15, 0.2) is 48.5 Å². The number of nitrogens with zero attached hydrogens (tertiary/aromatic N) is 2. The number of carbonyl (C=O) groups is 1. The fourth-order valence-electron chi connectivity index (χ4n) is 2.77. The van der Waals surface area contributed by atoms with Gasteiger partial charge in [-0.3, -0.25) is 4.79 Å². The van der Waals surface area contributed by atoms with Crippen molar-refractivity contribution in [3.63, 3.8) is 0 Å². The SMILES string of the molecule is N#CC1c2cccc(OCc3ccccc3)c2C(=O)N1CCO. The molecule has 0 saturated carbocycles.